The molecule has 1 aliphatic heterocycles. The largest absolute Gasteiger partial charge is 0.351 e. The lowest BCUT2D eigenvalue weighted by atomic mass is 10.3. The molecule has 3 N–H and O–H groups in total. The Morgan fingerprint density at radius 2 is 2.71 bits per heavy atom. The molecule has 14 heavy (non-hydrogen) atoms. The molecule has 1 atom stereocenters. The topological polar surface area (TPSA) is 69.8 Å². The van der Waals surface area contributed by atoms with Gasteiger partial charge in [-0.25, -0.2) is 0 Å². The summed E-state index contributed by atoms with van der Waals surface area (Å²) in [6.45, 7) is 0.540. The first-order chi connectivity index (χ1) is 6.86. The second-order valence-electron chi connectivity index (χ2n) is 3.10. The monoisotopic (exact) mass is 212 g/mol. The van der Waals surface area contributed by atoms with Crippen molar-refractivity contribution in [2.24, 2.45) is 0 Å². The van der Waals surface area contributed by atoms with Crippen LogP contribution in [0.1, 0.15) is 5.56 Å². The number of thioether (sulfide) groups is 1. The zero-order valence-electron chi connectivity index (χ0n) is 7.62. The fraction of sp³-hybridized carbons (Fsp3) is 0.500. The Balaban J connectivity index is 1.77. The summed E-state index contributed by atoms with van der Waals surface area (Å²) in [4.78, 5) is 11.5. The molecule has 1 saturated heterocycles. The van der Waals surface area contributed by atoms with Crippen LogP contribution in [0.2, 0.25) is 0 Å². The molecule has 0 saturated carbocycles. The number of H-pyrrole nitrogens is 1. The molecule has 0 bridgehead atoms. The molecule has 2 heterocycles. The Hall–Kier alpha value is -1.01. The van der Waals surface area contributed by atoms with E-state index in [1.807, 2.05) is 0 Å². The average molecular weight is 212 g/mol. The van der Waals surface area contributed by atoms with E-state index >= 15 is 0 Å². The lowest BCUT2D eigenvalue weighted by Gasteiger charge is -2.08. The van der Waals surface area contributed by atoms with Crippen molar-refractivity contribution < 1.29 is 4.79 Å². The second kappa shape index (κ2) is 4.47. The lowest BCUT2D eigenvalue weighted by Crippen LogP contribution is -2.41. The van der Waals surface area contributed by atoms with Crippen LogP contribution < -0.4 is 10.6 Å². The minimum Gasteiger partial charge on any atom is -0.351 e. The van der Waals surface area contributed by atoms with Gasteiger partial charge in [0, 0.05) is 29.9 Å². The van der Waals surface area contributed by atoms with Gasteiger partial charge in [-0.2, -0.15) is 5.10 Å². The van der Waals surface area contributed by atoms with E-state index in [4.69, 9.17) is 0 Å². The number of amides is 1. The Morgan fingerprint density at radius 3 is 3.36 bits per heavy atom. The molecule has 0 spiro atoms. The molecule has 0 radical (unpaired) electrons. The lowest BCUT2D eigenvalue weighted by molar-refractivity contribution is -0.122. The standard InChI is InChI=1S/C8H12N4OS/c13-8(7-4-14-5-10-7)9-1-6-2-11-12-3-6/h2-3,7,10H,1,4-5H2,(H,9,13)(H,11,12). The predicted octanol–water partition coefficient (Wildman–Crippen LogP) is -0.312. The molecule has 76 valence electrons. The molecule has 1 unspecified atom stereocenters. The van der Waals surface area contributed by atoms with Crippen molar-refractivity contribution in [2.45, 2.75) is 12.6 Å². The zero-order valence-corrected chi connectivity index (χ0v) is 8.43. The summed E-state index contributed by atoms with van der Waals surface area (Å²) in [6, 6.07) is -0.0353. The minimum atomic E-state index is -0.0353. The van der Waals surface area contributed by atoms with Crippen LogP contribution in [0.25, 0.3) is 0 Å². The van der Waals surface area contributed by atoms with Crippen LogP contribution in [0, 0.1) is 0 Å². The fourth-order valence-electron chi connectivity index (χ4n) is 1.25. The van der Waals surface area contributed by atoms with Gasteiger partial charge < -0.3 is 5.32 Å². The molecule has 5 nitrogen and oxygen atoms in total. The van der Waals surface area contributed by atoms with Crippen molar-refractivity contribution >= 4 is 17.7 Å². The third-order valence-electron chi connectivity index (χ3n) is 2.05. The third-order valence-corrected chi connectivity index (χ3v) is 2.99. The molecule has 2 rings (SSSR count). The highest BCUT2D eigenvalue weighted by Crippen LogP contribution is 2.09. The number of nitrogens with zero attached hydrogens (tertiary/aromatic N) is 1. The molecule has 1 aliphatic rings. The van der Waals surface area contributed by atoms with E-state index in [-0.39, 0.29) is 11.9 Å². The molecule has 0 aliphatic carbocycles. The maximum atomic E-state index is 11.5. The van der Waals surface area contributed by atoms with Gasteiger partial charge in [0.2, 0.25) is 5.91 Å². The van der Waals surface area contributed by atoms with Crippen LogP contribution in [0.4, 0.5) is 0 Å². The van der Waals surface area contributed by atoms with Crippen molar-refractivity contribution in [1.29, 1.82) is 0 Å². The summed E-state index contributed by atoms with van der Waals surface area (Å²) in [5, 5.41) is 12.5. The van der Waals surface area contributed by atoms with Crippen LogP contribution in [0.5, 0.6) is 0 Å². The number of aromatic amines is 1. The summed E-state index contributed by atoms with van der Waals surface area (Å²) in [5.41, 5.74) is 0.990. The van der Waals surface area contributed by atoms with E-state index in [0.717, 1.165) is 17.2 Å². The van der Waals surface area contributed by atoms with Gasteiger partial charge in [0.25, 0.3) is 0 Å². The normalized spacial score (nSPS) is 21.0. The smallest absolute Gasteiger partial charge is 0.238 e. The summed E-state index contributed by atoms with van der Waals surface area (Å²) in [5.74, 6) is 1.79. The maximum Gasteiger partial charge on any atom is 0.238 e. The van der Waals surface area contributed by atoms with E-state index in [0.29, 0.717) is 6.54 Å². The molecule has 1 aromatic rings. The number of rotatable bonds is 3. The highest BCUT2D eigenvalue weighted by Gasteiger charge is 2.21. The first-order valence-electron chi connectivity index (χ1n) is 4.43. The van der Waals surface area contributed by atoms with Gasteiger partial charge in [-0.1, -0.05) is 0 Å². The number of hydrogen-bond acceptors (Lipinski definition) is 4. The van der Waals surface area contributed by atoms with E-state index < -0.39 is 0 Å². The summed E-state index contributed by atoms with van der Waals surface area (Å²) < 4.78 is 0. The molecule has 6 heteroatoms. The first-order valence-corrected chi connectivity index (χ1v) is 5.58. The van der Waals surface area contributed by atoms with E-state index in [9.17, 15) is 4.79 Å². The van der Waals surface area contributed by atoms with Crippen LogP contribution in [0.15, 0.2) is 12.4 Å². The fourth-order valence-corrected chi connectivity index (χ4v) is 2.19. The van der Waals surface area contributed by atoms with E-state index in [1.165, 1.54) is 0 Å². The van der Waals surface area contributed by atoms with Gasteiger partial charge in [0.1, 0.15) is 0 Å². The van der Waals surface area contributed by atoms with Gasteiger partial charge in [-0.3, -0.25) is 15.2 Å². The quantitative estimate of drug-likeness (QED) is 0.643. The number of hydrogen-bond donors (Lipinski definition) is 3. The molecule has 1 fully saturated rings. The first kappa shape index (κ1) is 9.54. The van der Waals surface area contributed by atoms with Gasteiger partial charge >= 0.3 is 0 Å². The van der Waals surface area contributed by atoms with Crippen molar-refractivity contribution in [1.82, 2.24) is 20.8 Å². The predicted molar refractivity (Wildman–Crippen MR) is 54.7 cm³/mol. The van der Waals surface area contributed by atoms with Crippen molar-refractivity contribution in [3.8, 4) is 0 Å². The van der Waals surface area contributed by atoms with Crippen LogP contribution in [-0.2, 0) is 11.3 Å². The van der Waals surface area contributed by atoms with Crippen molar-refractivity contribution in [3.63, 3.8) is 0 Å². The molecular weight excluding hydrogens is 200 g/mol. The van der Waals surface area contributed by atoms with Crippen molar-refractivity contribution in [2.75, 3.05) is 11.6 Å². The molecule has 1 aromatic heterocycles. The van der Waals surface area contributed by atoms with Gasteiger partial charge in [-0.05, 0) is 0 Å². The number of carbonyl (C=O) groups excluding carboxylic acids is 1. The molecular formula is C8H12N4OS. The number of aromatic nitrogens is 2. The Kier molecular flexibility index (Phi) is 3.05. The van der Waals surface area contributed by atoms with E-state index in [1.54, 1.807) is 24.2 Å². The highest BCUT2D eigenvalue weighted by molar-refractivity contribution is 7.99. The Bertz CT molecular complexity index is 294. The third kappa shape index (κ3) is 2.27. The Morgan fingerprint density at radius 1 is 1.79 bits per heavy atom. The summed E-state index contributed by atoms with van der Waals surface area (Å²) in [7, 11) is 0. The summed E-state index contributed by atoms with van der Waals surface area (Å²) >= 11 is 1.74. The van der Waals surface area contributed by atoms with Crippen LogP contribution in [0.3, 0.4) is 0 Å². The average Bonchev–Trinajstić information content (AvgIpc) is 2.87. The van der Waals surface area contributed by atoms with Crippen LogP contribution >= 0.6 is 11.8 Å². The van der Waals surface area contributed by atoms with Gasteiger partial charge in [0.05, 0.1) is 12.2 Å². The van der Waals surface area contributed by atoms with Gasteiger partial charge in [0.15, 0.2) is 0 Å². The zero-order chi connectivity index (χ0) is 9.80. The number of nitrogens with one attached hydrogen (secondary N) is 3. The van der Waals surface area contributed by atoms with Crippen LogP contribution in [-0.4, -0.2) is 33.8 Å². The second-order valence-corrected chi connectivity index (χ2v) is 4.13. The van der Waals surface area contributed by atoms with E-state index in [2.05, 4.69) is 20.8 Å². The maximum absolute atomic E-state index is 11.5. The van der Waals surface area contributed by atoms with Crippen molar-refractivity contribution in [3.05, 3.63) is 18.0 Å². The molecule has 1 amide bonds. The number of carbonyl (C=O) groups is 1. The van der Waals surface area contributed by atoms with Gasteiger partial charge in [-0.15, -0.1) is 11.8 Å². The SMILES string of the molecule is O=C(NCc1cn[nH]c1)C1CSCN1. The Labute approximate surface area is 86.0 Å². The minimum absolute atomic E-state index is 0.0353. The summed E-state index contributed by atoms with van der Waals surface area (Å²) in [6.07, 6.45) is 3.48. The highest BCUT2D eigenvalue weighted by atomic mass is 32.2. The molecule has 0 aromatic carbocycles.